The smallest absolute Gasteiger partial charge is 0.322 e. The zero-order valence-corrected chi connectivity index (χ0v) is 15.0. The number of hydrogen-bond acceptors (Lipinski definition) is 3. The van der Waals surface area contributed by atoms with Gasteiger partial charge in [-0.3, -0.25) is 0 Å². The molecular weight excluding hydrogens is 213 g/mol. The van der Waals surface area contributed by atoms with Crippen LogP contribution in [0.5, 0.6) is 0 Å². The zero-order chi connectivity index (χ0) is 13.4. The Morgan fingerprint density at radius 1 is 0.875 bits per heavy atom. The molecule has 0 radical (unpaired) electrons. The van der Waals surface area contributed by atoms with Gasteiger partial charge in [-0.1, -0.05) is 6.92 Å². The van der Waals surface area contributed by atoms with Gasteiger partial charge in [0.25, 0.3) is 0 Å². The second-order valence-corrected chi connectivity index (χ2v) is 6.87. The third-order valence-electron chi connectivity index (χ3n) is 2.66. The minimum absolute atomic E-state index is 0.363. The van der Waals surface area contributed by atoms with E-state index in [1.165, 1.54) is 13.1 Å². The zero-order valence-electron chi connectivity index (χ0n) is 13.0. The quantitative estimate of drug-likeness (QED) is 0.677. The van der Waals surface area contributed by atoms with Crippen molar-refractivity contribution in [1.82, 2.24) is 13.7 Å². The van der Waals surface area contributed by atoms with Crippen molar-refractivity contribution in [2.45, 2.75) is 33.2 Å². The molecule has 0 bridgehead atoms. The topological polar surface area (TPSA) is 9.72 Å². The molecule has 16 heavy (non-hydrogen) atoms. The van der Waals surface area contributed by atoms with E-state index in [-0.39, 0.29) is 0 Å². The van der Waals surface area contributed by atoms with E-state index in [2.05, 4.69) is 69.6 Å². The van der Waals surface area contributed by atoms with Gasteiger partial charge in [0.05, 0.1) is 0 Å². The van der Waals surface area contributed by atoms with Crippen LogP contribution in [0.2, 0.25) is 0 Å². The van der Waals surface area contributed by atoms with Crippen LogP contribution in [-0.4, -0.2) is 83.6 Å². The molecule has 0 amide bonds. The van der Waals surface area contributed by atoms with E-state index in [1.54, 1.807) is 0 Å². The Morgan fingerprint density at radius 2 is 1.25 bits per heavy atom. The first kappa shape index (κ1) is 18.8. The van der Waals surface area contributed by atoms with Crippen molar-refractivity contribution in [2.75, 3.05) is 47.8 Å². The monoisotopic (exact) mass is 245 g/mol. The fourth-order valence-corrected chi connectivity index (χ4v) is 0.885. The molecule has 0 aliphatic heterocycles. The first-order valence-corrected chi connectivity index (χ1v) is 7.01. The van der Waals surface area contributed by atoms with Gasteiger partial charge in [-0.05, 0) is 67.6 Å². The minimum Gasteiger partial charge on any atom is -0.385 e. The largest absolute Gasteiger partial charge is 0.385 e. The Bertz CT molecular complexity index is 153. The Balaban J connectivity index is 0. The van der Waals surface area contributed by atoms with Crippen molar-refractivity contribution in [2.24, 2.45) is 0 Å². The van der Waals surface area contributed by atoms with E-state index in [4.69, 9.17) is 0 Å². The standard InChI is InChI=1S/C8H19N2.C4H11N.Al.2H/c1-8(2,3)9-6-7-10(4)5;1-4-5(2)3;;;/h6-7H2,1-5H3;4H2,1-3H3;;;/q-1;;+1;;. The van der Waals surface area contributed by atoms with Gasteiger partial charge in [0, 0.05) is 6.54 Å². The average molecular weight is 245 g/mol. The highest BCUT2D eigenvalue weighted by molar-refractivity contribution is 6.04. The Labute approximate surface area is 111 Å². The van der Waals surface area contributed by atoms with Crippen LogP contribution in [0.1, 0.15) is 27.7 Å². The summed E-state index contributed by atoms with van der Waals surface area (Å²) in [6, 6.07) is 0. The van der Waals surface area contributed by atoms with Crippen LogP contribution in [0.25, 0.3) is 0 Å². The lowest BCUT2D eigenvalue weighted by atomic mass is 10.1. The maximum atomic E-state index is 2.51. The van der Waals surface area contributed by atoms with E-state index in [1.807, 2.05) is 0 Å². The van der Waals surface area contributed by atoms with Gasteiger partial charge in [0.2, 0.25) is 0 Å². The van der Waals surface area contributed by atoms with Gasteiger partial charge in [-0.25, -0.2) is 0 Å². The van der Waals surface area contributed by atoms with E-state index in [0.717, 1.165) is 23.1 Å². The lowest BCUT2D eigenvalue weighted by Gasteiger charge is -2.34. The van der Waals surface area contributed by atoms with Crippen LogP contribution in [0.4, 0.5) is 0 Å². The van der Waals surface area contributed by atoms with E-state index in [0.29, 0.717) is 5.54 Å². The van der Waals surface area contributed by atoms with Crippen molar-refractivity contribution in [1.29, 1.82) is 0 Å². The van der Waals surface area contributed by atoms with Crippen molar-refractivity contribution >= 4 is 16.5 Å². The van der Waals surface area contributed by atoms with Crippen molar-refractivity contribution < 1.29 is 0 Å². The summed E-state index contributed by atoms with van der Waals surface area (Å²) in [5.74, 6) is 0. The van der Waals surface area contributed by atoms with Gasteiger partial charge < -0.3 is 13.7 Å². The summed E-state index contributed by atoms with van der Waals surface area (Å²) < 4.78 is 2.51. The van der Waals surface area contributed by atoms with Crippen LogP contribution in [0.15, 0.2) is 0 Å². The summed E-state index contributed by atoms with van der Waals surface area (Å²) in [6.45, 7) is 12.4. The minimum atomic E-state index is 0.363. The number of hydrogen-bond donors (Lipinski definition) is 0. The summed E-state index contributed by atoms with van der Waals surface area (Å²) in [4.78, 5) is 4.36. The Hall–Kier alpha value is 0.412. The number of rotatable bonds is 4. The molecule has 0 rings (SSSR count). The second kappa shape index (κ2) is 9.44. The van der Waals surface area contributed by atoms with E-state index in [9.17, 15) is 0 Å². The van der Waals surface area contributed by atoms with Crippen LogP contribution < -0.4 is 0 Å². The molecule has 0 aromatic carbocycles. The van der Waals surface area contributed by atoms with Crippen LogP contribution >= 0.6 is 0 Å². The molecule has 0 fully saturated rings. The van der Waals surface area contributed by atoms with Gasteiger partial charge in [-0.2, -0.15) is 0 Å². The molecule has 0 spiro atoms. The molecule has 0 aromatic heterocycles. The van der Waals surface area contributed by atoms with E-state index < -0.39 is 0 Å². The second-order valence-electron chi connectivity index (χ2n) is 5.79. The van der Waals surface area contributed by atoms with Crippen LogP contribution in [0, 0.1) is 0 Å². The lowest BCUT2D eigenvalue weighted by Crippen LogP contribution is -2.42. The predicted octanol–water partition coefficient (Wildman–Crippen LogP) is 0.765. The highest BCUT2D eigenvalue weighted by Gasteiger charge is 2.14. The van der Waals surface area contributed by atoms with Gasteiger partial charge in [0.1, 0.15) is 0 Å². The maximum absolute atomic E-state index is 2.51. The number of likely N-dealkylation sites (N-methyl/N-ethyl adjacent to an activating group) is 1. The molecule has 0 aliphatic rings. The fourth-order valence-electron chi connectivity index (χ4n) is 0.685. The van der Waals surface area contributed by atoms with Gasteiger partial charge in [-0.15, -0.1) is 0 Å². The third-order valence-corrected chi connectivity index (χ3v) is 4.45. The maximum Gasteiger partial charge on any atom is 0.322 e. The number of nitrogens with zero attached hydrogens (tertiary/aromatic N) is 3. The lowest BCUT2D eigenvalue weighted by molar-refractivity contribution is 0.235. The Morgan fingerprint density at radius 3 is 1.44 bits per heavy atom. The normalized spacial score (nSPS) is 11.9. The Kier molecular flexibility index (Phi) is 11.1. The molecule has 98 valence electrons. The molecule has 0 heterocycles. The van der Waals surface area contributed by atoms with Gasteiger partial charge in [0.15, 0.2) is 0 Å². The van der Waals surface area contributed by atoms with E-state index >= 15 is 0 Å². The molecule has 0 aliphatic carbocycles. The summed E-state index contributed by atoms with van der Waals surface area (Å²) in [5.41, 5.74) is 0.363. The molecule has 0 saturated carbocycles. The summed E-state index contributed by atoms with van der Waals surface area (Å²) in [6.07, 6.45) is 0. The predicted molar refractivity (Wildman–Crippen MR) is 77.8 cm³/mol. The van der Waals surface area contributed by atoms with Crippen molar-refractivity contribution in [3.63, 3.8) is 0 Å². The SMILES string of the molecule is CCN(C)C.CN(C)CC[N]([AlH2])C(C)(C)C. The molecule has 0 aromatic rings. The molecule has 3 nitrogen and oxygen atoms in total. The molecule has 4 heteroatoms. The molecule has 0 atom stereocenters. The van der Waals surface area contributed by atoms with Crippen LogP contribution in [0.3, 0.4) is 0 Å². The molecule has 0 unspecified atom stereocenters. The van der Waals surface area contributed by atoms with Crippen molar-refractivity contribution in [3.05, 3.63) is 0 Å². The highest BCUT2D eigenvalue weighted by Crippen LogP contribution is 2.08. The first-order chi connectivity index (χ1) is 7.11. The molecule has 0 N–H and O–H groups in total. The highest BCUT2D eigenvalue weighted by atomic mass is 27.1. The first-order valence-electron chi connectivity index (χ1n) is 6.12. The summed E-state index contributed by atoms with van der Waals surface area (Å²) >= 11 is 1.16. The van der Waals surface area contributed by atoms with Crippen molar-refractivity contribution in [3.8, 4) is 0 Å². The summed E-state index contributed by atoms with van der Waals surface area (Å²) in [7, 11) is 8.36. The molecular formula is C12H32AlN3. The van der Waals surface area contributed by atoms with Crippen LogP contribution in [-0.2, 0) is 0 Å². The molecule has 0 saturated heterocycles. The van der Waals surface area contributed by atoms with Gasteiger partial charge >= 0.3 is 16.5 Å². The third kappa shape index (κ3) is 14.4. The average Bonchev–Trinajstić information content (AvgIpc) is 2.13. The summed E-state index contributed by atoms with van der Waals surface area (Å²) in [5, 5.41) is 0. The fraction of sp³-hybridized carbons (Fsp3) is 1.00.